The third-order valence-corrected chi connectivity index (χ3v) is 3.68. The quantitative estimate of drug-likeness (QED) is 0.794. The Bertz CT molecular complexity index is 616. The maximum Gasteiger partial charge on any atom is 0.260 e. The molecule has 0 aromatic heterocycles. The van der Waals surface area contributed by atoms with Crippen molar-refractivity contribution < 1.29 is 9.53 Å². The predicted octanol–water partition coefficient (Wildman–Crippen LogP) is 4.14. The molecule has 0 aliphatic carbocycles. The van der Waals surface area contributed by atoms with Crippen LogP contribution >= 0.6 is 27.5 Å². The lowest BCUT2D eigenvalue weighted by Gasteiger charge is -2.17. The number of carbonyl (C=O) groups is 1. The Hall–Kier alpha value is -1.52. The molecule has 2 aromatic rings. The summed E-state index contributed by atoms with van der Waals surface area (Å²) in [5.74, 6) is 0.505. The van der Waals surface area contributed by atoms with Gasteiger partial charge in [-0.05, 0) is 35.9 Å². The van der Waals surface area contributed by atoms with Crippen molar-refractivity contribution in [1.29, 1.82) is 0 Å². The van der Waals surface area contributed by atoms with Crippen LogP contribution in [0.25, 0.3) is 0 Å². The minimum atomic E-state index is -0.0853. The minimum absolute atomic E-state index is 0.00658. The summed E-state index contributed by atoms with van der Waals surface area (Å²) in [6, 6.07) is 14.9. The molecule has 0 N–H and O–H groups in total. The number of nitrogens with zero attached hydrogens (tertiary/aromatic N) is 1. The van der Waals surface area contributed by atoms with Gasteiger partial charge in [-0.3, -0.25) is 4.79 Å². The summed E-state index contributed by atoms with van der Waals surface area (Å²) in [7, 11) is 1.76. The smallest absolute Gasteiger partial charge is 0.260 e. The van der Waals surface area contributed by atoms with E-state index >= 15 is 0 Å². The number of benzene rings is 2. The maximum absolute atomic E-state index is 12.0. The second kappa shape index (κ2) is 7.48. The summed E-state index contributed by atoms with van der Waals surface area (Å²) in [6.45, 7) is 0.540. The van der Waals surface area contributed by atoms with Gasteiger partial charge in [0, 0.05) is 23.1 Å². The Kier molecular flexibility index (Phi) is 5.65. The van der Waals surface area contributed by atoms with E-state index in [1.54, 1.807) is 36.2 Å². The summed E-state index contributed by atoms with van der Waals surface area (Å²) in [4.78, 5) is 13.7. The summed E-state index contributed by atoms with van der Waals surface area (Å²) < 4.78 is 6.46. The molecule has 0 aliphatic heterocycles. The average Bonchev–Trinajstić information content (AvgIpc) is 2.47. The molecule has 0 heterocycles. The zero-order valence-electron chi connectivity index (χ0n) is 11.6. The van der Waals surface area contributed by atoms with E-state index in [1.165, 1.54) is 0 Å². The molecule has 0 radical (unpaired) electrons. The van der Waals surface area contributed by atoms with Crippen molar-refractivity contribution in [2.45, 2.75) is 6.54 Å². The van der Waals surface area contributed by atoms with Crippen LogP contribution in [0.4, 0.5) is 0 Å². The van der Waals surface area contributed by atoms with Gasteiger partial charge in [-0.25, -0.2) is 0 Å². The molecule has 0 fully saturated rings. The van der Waals surface area contributed by atoms with Crippen molar-refractivity contribution in [3.8, 4) is 5.75 Å². The van der Waals surface area contributed by atoms with Gasteiger partial charge in [-0.1, -0.05) is 45.7 Å². The Morgan fingerprint density at radius 1 is 1.24 bits per heavy atom. The Morgan fingerprint density at radius 2 is 1.95 bits per heavy atom. The number of carbonyl (C=O) groups excluding carboxylic acids is 1. The Morgan fingerprint density at radius 3 is 2.62 bits per heavy atom. The monoisotopic (exact) mass is 367 g/mol. The second-order valence-electron chi connectivity index (χ2n) is 4.62. The Labute approximate surface area is 137 Å². The molecule has 0 atom stereocenters. The van der Waals surface area contributed by atoms with Gasteiger partial charge in [-0.15, -0.1) is 0 Å². The van der Waals surface area contributed by atoms with E-state index in [2.05, 4.69) is 15.9 Å². The van der Waals surface area contributed by atoms with Crippen LogP contribution < -0.4 is 4.74 Å². The molecule has 21 heavy (non-hydrogen) atoms. The van der Waals surface area contributed by atoms with Crippen LogP contribution in [-0.2, 0) is 11.3 Å². The normalized spacial score (nSPS) is 10.2. The third kappa shape index (κ3) is 5.06. The first kappa shape index (κ1) is 15.9. The van der Waals surface area contributed by atoms with Gasteiger partial charge in [-0.2, -0.15) is 0 Å². The van der Waals surface area contributed by atoms with E-state index in [4.69, 9.17) is 16.3 Å². The standard InChI is InChI=1S/C16H15BrClNO2/c1-19(10-12-5-7-13(17)8-6-12)16(20)11-21-15-4-2-3-14(18)9-15/h2-9H,10-11H2,1H3. The lowest BCUT2D eigenvalue weighted by Crippen LogP contribution is -2.30. The van der Waals surface area contributed by atoms with Gasteiger partial charge in [0.25, 0.3) is 5.91 Å². The third-order valence-electron chi connectivity index (χ3n) is 2.92. The van der Waals surface area contributed by atoms with Gasteiger partial charge in [0.1, 0.15) is 5.75 Å². The topological polar surface area (TPSA) is 29.5 Å². The van der Waals surface area contributed by atoms with E-state index in [0.717, 1.165) is 10.0 Å². The fourth-order valence-electron chi connectivity index (χ4n) is 1.76. The first-order valence-electron chi connectivity index (χ1n) is 6.41. The first-order valence-corrected chi connectivity index (χ1v) is 7.58. The van der Waals surface area contributed by atoms with Crippen molar-refractivity contribution in [3.63, 3.8) is 0 Å². The second-order valence-corrected chi connectivity index (χ2v) is 5.97. The fraction of sp³-hybridized carbons (Fsp3) is 0.188. The summed E-state index contributed by atoms with van der Waals surface area (Å²) >= 11 is 9.25. The molecule has 2 aromatic carbocycles. The van der Waals surface area contributed by atoms with Crippen molar-refractivity contribution >= 4 is 33.4 Å². The van der Waals surface area contributed by atoms with Crippen molar-refractivity contribution in [1.82, 2.24) is 4.90 Å². The van der Waals surface area contributed by atoms with Crippen molar-refractivity contribution in [2.24, 2.45) is 0 Å². The molecule has 0 bridgehead atoms. The minimum Gasteiger partial charge on any atom is -0.484 e. The molecule has 1 amide bonds. The Balaban J connectivity index is 1.86. The van der Waals surface area contributed by atoms with Crippen LogP contribution in [0, 0.1) is 0 Å². The number of ether oxygens (including phenoxy) is 1. The lowest BCUT2D eigenvalue weighted by molar-refractivity contribution is -0.132. The zero-order valence-corrected chi connectivity index (χ0v) is 13.9. The predicted molar refractivity (Wildman–Crippen MR) is 87.6 cm³/mol. The van der Waals surface area contributed by atoms with Crippen molar-refractivity contribution in [3.05, 3.63) is 63.6 Å². The molecule has 3 nitrogen and oxygen atoms in total. The molecular weight excluding hydrogens is 354 g/mol. The first-order chi connectivity index (χ1) is 10.0. The van der Waals surface area contributed by atoms with Crippen LogP contribution in [0.1, 0.15) is 5.56 Å². The molecule has 0 unspecified atom stereocenters. The summed E-state index contributed by atoms with van der Waals surface area (Å²) in [6.07, 6.45) is 0. The van der Waals surface area contributed by atoms with Gasteiger partial charge >= 0.3 is 0 Å². The number of rotatable bonds is 5. The van der Waals surface area contributed by atoms with Gasteiger partial charge in [0.15, 0.2) is 6.61 Å². The highest BCUT2D eigenvalue weighted by molar-refractivity contribution is 9.10. The lowest BCUT2D eigenvalue weighted by atomic mass is 10.2. The highest BCUT2D eigenvalue weighted by Crippen LogP contribution is 2.17. The van der Waals surface area contributed by atoms with Crippen LogP contribution in [-0.4, -0.2) is 24.5 Å². The molecule has 0 aliphatic rings. The molecule has 110 valence electrons. The SMILES string of the molecule is CN(Cc1ccc(Br)cc1)C(=O)COc1cccc(Cl)c1. The summed E-state index contributed by atoms with van der Waals surface area (Å²) in [5, 5.41) is 0.586. The summed E-state index contributed by atoms with van der Waals surface area (Å²) in [5.41, 5.74) is 1.07. The van der Waals surface area contributed by atoms with Gasteiger partial charge < -0.3 is 9.64 Å². The van der Waals surface area contributed by atoms with Crippen LogP contribution in [0.15, 0.2) is 53.0 Å². The molecule has 5 heteroatoms. The number of hydrogen-bond donors (Lipinski definition) is 0. The molecule has 0 saturated heterocycles. The van der Waals surface area contributed by atoms with E-state index in [-0.39, 0.29) is 12.5 Å². The van der Waals surface area contributed by atoms with Gasteiger partial charge in [0.05, 0.1) is 0 Å². The highest BCUT2D eigenvalue weighted by Gasteiger charge is 2.10. The van der Waals surface area contributed by atoms with Crippen LogP contribution in [0.2, 0.25) is 5.02 Å². The molecule has 2 rings (SSSR count). The van der Waals surface area contributed by atoms with E-state index in [9.17, 15) is 4.79 Å². The number of hydrogen-bond acceptors (Lipinski definition) is 2. The largest absolute Gasteiger partial charge is 0.484 e. The molecular formula is C16H15BrClNO2. The molecule has 0 spiro atoms. The number of likely N-dealkylation sites (N-methyl/N-ethyl adjacent to an activating group) is 1. The van der Waals surface area contributed by atoms with Crippen molar-refractivity contribution in [2.75, 3.05) is 13.7 Å². The van der Waals surface area contributed by atoms with Crippen LogP contribution in [0.5, 0.6) is 5.75 Å². The van der Waals surface area contributed by atoms with E-state index in [1.807, 2.05) is 24.3 Å². The number of halogens is 2. The van der Waals surface area contributed by atoms with Crippen LogP contribution in [0.3, 0.4) is 0 Å². The number of amides is 1. The highest BCUT2D eigenvalue weighted by atomic mass is 79.9. The zero-order chi connectivity index (χ0) is 15.2. The maximum atomic E-state index is 12.0. The van der Waals surface area contributed by atoms with E-state index in [0.29, 0.717) is 17.3 Å². The van der Waals surface area contributed by atoms with Gasteiger partial charge in [0.2, 0.25) is 0 Å². The fourth-order valence-corrected chi connectivity index (χ4v) is 2.21. The average molecular weight is 369 g/mol. The van der Waals surface area contributed by atoms with E-state index < -0.39 is 0 Å². The molecule has 0 saturated carbocycles.